The van der Waals surface area contributed by atoms with Crippen molar-refractivity contribution >= 4 is 5.69 Å². The van der Waals surface area contributed by atoms with Crippen LogP contribution in [0.4, 0.5) is 10.1 Å². The number of hydrogen-bond acceptors (Lipinski definition) is 1. The Balaban J connectivity index is 1.77. The van der Waals surface area contributed by atoms with E-state index in [4.69, 9.17) is 0 Å². The van der Waals surface area contributed by atoms with Gasteiger partial charge in [-0.25, -0.2) is 4.39 Å². The molecule has 0 radical (unpaired) electrons. The quantitative estimate of drug-likeness (QED) is 0.854. The number of nitrogens with one attached hydrogen (secondary N) is 1. The van der Waals surface area contributed by atoms with Gasteiger partial charge in [0.15, 0.2) is 0 Å². The molecule has 0 saturated heterocycles. The van der Waals surface area contributed by atoms with Gasteiger partial charge in [-0.15, -0.1) is 0 Å². The van der Waals surface area contributed by atoms with Crippen LogP contribution in [0.2, 0.25) is 0 Å². The molecule has 0 aromatic heterocycles. The van der Waals surface area contributed by atoms with Crippen molar-refractivity contribution < 1.29 is 4.39 Å². The van der Waals surface area contributed by atoms with E-state index >= 15 is 0 Å². The second-order valence-electron chi connectivity index (χ2n) is 5.42. The minimum absolute atomic E-state index is 0.168. The molecule has 0 bridgehead atoms. The van der Waals surface area contributed by atoms with Crippen molar-refractivity contribution in [1.29, 1.82) is 0 Å². The second-order valence-corrected chi connectivity index (χ2v) is 5.42. The minimum Gasteiger partial charge on any atom is -0.381 e. The fourth-order valence-electron chi connectivity index (χ4n) is 2.80. The predicted octanol–water partition coefficient (Wildman–Crippen LogP) is 4.04. The number of rotatable bonds is 2. The molecule has 2 aromatic rings. The molecule has 1 heterocycles. The summed E-state index contributed by atoms with van der Waals surface area (Å²) in [6.07, 6.45) is 2.05. The summed E-state index contributed by atoms with van der Waals surface area (Å²) >= 11 is 0. The molecule has 2 heteroatoms. The Bertz CT molecular complexity index is 562. The molecule has 0 aliphatic carbocycles. The molecule has 19 heavy (non-hydrogen) atoms. The van der Waals surface area contributed by atoms with Crippen molar-refractivity contribution in [3.8, 4) is 0 Å². The zero-order valence-corrected chi connectivity index (χ0v) is 11.1. The molecule has 2 unspecified atom stereocenters. The molecule has 1 N–H and O–H groups in total. The van der Waals surface area contributed by atoms with Gasteiger partial charge in [-0.05, 0) is 48.1 Å². The SMILES string of the molecule is CC1Cc2ccccc2NC1Cc1ccc(F)cc1. The van der Waals surface area contributed by atoms with Crippen LogP contribution < -0.4 is 5.32 Å². The molecule has 0 spiro atoms. The van der Waals surface area contributed by atoms with Crippen molar-refractivity contribution in [2.24, 2.45) is 5.92 Å². The fourth-order valence-corrected chi connectivity index (χ4v) is 2.80. The Hall–Kier alpha value is -1.83. The van der Waals surface area contributed by atoms with Crippen LogP contribution in [0.25, 0.3) is 0 Å². The summed E-state index contributed by atoms with van der Waals surface area (Å²) in [5, 5.41) is 3.62. The number of fused-ring (bicyclic) bond motifs is 1. The third-order valence-electron chi connectivity index (χ3n) is 3.96. The van der Waals surface area contributed by atoms with Crippen molar-refractivity contribution in [1.82, 2.24) is 0 Å². The Labute approximate surface area is 113 Å². The van der Waals surface area contributed by atoms with Gasteiger partial charge in [-0.2, -0.15) is 0 Å². The van der Waals surface area contributed by atoms with Crippen molar-refractivity contribution in [3.05, 3.63) is 65.5 Å². The van der Waals surface area contributed by atoms with Gasteiger partial charge in [0.05, 0.1) is 0 Å². The first kappa shape index (κ1) is 12.2. The fraction of sp³-hybridized carbons (Fsp3) is 0.294. The van der Waals surface area contributed by atoms with Gasteiger partial charge in [-0.3, -0.25) is 0 Å². The van der Waals surface area contributed by atoms with E-state index in [0.717, 1.165) is 12.8 Å². The molecular weight excluding hydrogens is 237 g/mol. The molecule has 0 amide bonds. The Morgan fingerprint density at radius 3 is 2.63 bits per heavy atom. The number of anilines is 1. The smallest absolute Gasteiger partial charge is 0.123 e. The summed E-state index contributed by atoms with van der Waals surface area (Å²) in [4.78, 5) is 0. The zero-order chi connectivity index (χ0) is 13.2. The first-order chi connectivity index (χ1) is 9.22. The standard InChI is InChI=1S/C17H18FN/c1-12-10-14-4-2-3-5-16(14)19-17(12)11-13-6-8-15(18)9-7-13/h2-9,12,17,19H,10-11H2,1H3. The van der Waals surface area contributed by atoms with E-state index < -0.39 is 0 Å². The van der Waals surface area contributed by atoms with Crippen LogP contribution in [0.1, 0.15) is 18.1 Å². The van der Waals surface area contributed by atoms with Crippen LogP contribution in [0, 0.1) is 11.7 Å². The molecule has 2 atom stereocenters. The summed E-state index contributed by atoms with van der Waals surface area (Å²) in [6, 6.07) is 15.7. The summed E-state index contributed by atoms with van der Waals surface area (Å²) in [7, 11) is 0. The Morgan fingerprint density at radius 1 is 1.11 bits per heavy atom. The Kier molecular flexibility index (Phi) is 3.24. The lowest BCUT2D eigenvalue weighted by Crippen LogP contribution is -2.35. The summed E-state index contributed by atoms with van der Waals surface area (Å²) in [6.45, 7) is 2.27. The van der Waals surface area contributed by atoms with Crippen LogP contribution in [0.3, 0.4) is 0 Å². The highest BCUT2D eigenvalue weighted by molar-refractivity contribution is 5.54. The topological polar surface area (TPSA) is 12.0 Å². The van der Waals surface area contributed by atoms with Gasteiger partial charge in [0.2, 0.25) is 0 Å². The number of hydrogen-bond donors (Lipinski definition) is 1. The van der Waals surface area contributed by atoms with Crippen LogP contribution in [0.5, 0.6) is 0 Å². The average molecular weight is 255 g/mol. The normalized spacial score (nSPS) is 21.6. The van der Waals surface area contributed by atoms with E-state index in [2.05, 4.69) is 36.5 Å². The van der Waals surface area contributed by atoms with Crippen molar-refractivity contribution in [2.45, 2.75) is 25.8 Å². The van der Waals surface area contributed by atoms with Gasteiger partial charge < -0.3 is 5.32 Å². The van der Waals surface area contributed by atoms with Crippen molar-refractivity contribution in [2.75, 3.05) is 5.32 Å². The molecule has 2 aromatic carbocycles. The third kappa shape index (κ3) is 2.62. The Morgan fingerprint density at radius 2 is 1.84 bits per heavy atom. The van der Waals surface area contributed by atoms with Crippen molar-refractivity contribution in [3.63, 3.8) is 0 Å². The maximum absolute atomic E-state index is 12.9. The molecule has 1 aliphatic heterocycles. The molecule has 98 valence electrons. The lowest BCUT2D eigenvalue weighted by Gasteiger charge is -2.32. The van der Waals surface area contributed by atoms with E-state index in [0.29, 0.717) is 12.0 Å². The lowest BCUT2D eigenvalue weighted by atomic mass is 9.85. The molecular formula is C17H18FN. The molecule has 0 fully saturated rings. The van der Waals surface area contributed by atoms with E-state index in [1.54, 1.807) is 0 Å². The monoisotopic (exact) mass is 255 g/mol. The van der Waals surface area contributed by atoms with Crippen LogP contribution in [-0.4, -0.2) is 6.04 Å². The molecule has 1 nitrogen and oxygen atoms in total. The number of halogens is 1. The van der Waals surface area contributed by atoms with Crippen LogP contribution >= 0.6 is 0 Å². The van der Waals surface area contributed by atoms with Gasteiger partial charge in [0.1, 0.15) is 5.82 Å². The van der Waals surface area contributed by atoms with E-state index in [-0.39, 0.29) is 5.82 Å². The maximum Gasteiger partial charge on any atom is 0.123 e. The maximum atomic E-state index is 12.9. The summed E-state index contributed by atoms with van der Waals surface area (Å²) in [5.74, 6) is 0.415. The van der Waals surface area contributed by atoms with Crippen LogP contribution in [0.15, 0.2) is 48.5 Å². The van der Waals surface area contributed by atoms with Crippen LogP contribution in [-0.2, 0) is 12.8 Å². The van der Waals surface area contributed by atoms with Gasteiger partial charge in [0.25, 0.3) is 0 Å². The number of para-hydroxylation sites is 1. The minimum atomic E-state index is -0.168. The number of benzene rings is 2. The zero-order valence-electron chi connectivity index (χ0n) is 11.1. The second kappa shape index (κ2) is 5.04. The predicted molar refractivity (Wildman–Crippen MR) is 76.8 cm³/mol. The van der Waals surface area contributed by atoms with Gasteiger partial charge in [-0.1, -0.05) is 37.3 Å². The highest BCUT2D eigenvalue weighted by atomic mass is 19.1. The average Bonchev–Trinajstić information content (AvgIpc) is 2.42. The van der Waals surface area contributed by atoms with Gasteiger partial charge >= 0.3 is 0 Å². The molecule has 3 rings (SSSR count). The highest BCUT2D eigenvalue weighted by Crippen LogP contribution is 2.29. The van der Waals surface area contributed by atoms with Gasteiger partial charge in [0, 0.05) is 11.7 Å². The summed E-state index contributed by atoms with van der Waals surface area (Å²) in [5.41, 5.74) is 3.82. The van der Waals surface area contributed by atoms with E-state index in [9.17, 15) is 4.39 Å². The summed E-state index contributed by atoms with van der Waals surface area (Å²) < 4.78 is 12.9. The largest absolute Gasteiger partial charge is 0.381 e. The lowest BCUT2D eigenvalue weighted by molar-refractivity contribution is 0.461. The van der Waals surface area contributed by atoms with E-state index in [1.807, 2.05) is 12.1 Å². The van der Waals surface area contributed by atoms with E-state index in [1.165, 1.54) is 28.9 Å². The first-order valence-electron chi connectivity index (χ1n) is 6.81. The highest BCUT2D eigenvalue weighted by Gasteiger charge is 2.24. The molecule has 0 saturated carbocycles. The third-order valence-corrected chi connectivity index (χ3v) is 3.96. The first-order valence-corrected chi connectivity index (χ1v) is 6.81. The molecule has 1 aliphatic rings.